The first-order valence-corrected chi connectivity index (χ1v) is 5.00. The first-order chi connectivity index (χ1) is 5.93. The Morgan fingerprint density at radius 2 is 2.33 bits per heavy atom. The molecule has 0 aromatic carbocycles. The summed E-state index contributed by atoms with van der Waals surface area (Å²) in [6.45, 7) is 4.14. The number of hydrogen-bond donors (Lipinski definition) is 1. The molecule has 1 rings (SSSR count). The predicted molar refractivity (Wildman–Crippen MR) is 50.8 cm³/mol. The van der Waals surface area contributed by atoms with Crippen molar-refractivity contribution >= 4 is 0 Å². The maximum Gasteiger partial charge on any atom is 0.182 e. The zero-order valence-corrected chi connectivity index (χ0v) is 7.94. The molecule has 0 radical (unpaired) electrons. The molecular formula is C10H19NO. The molecule has 0 fully saturated rings. The quantitative estimate of drug-likeness (QED) is 0.616. The summed E-state index contributed by atoms with van der Waals surface area (Å²) >= 11 is 0. The van der Waals surface area contributed by atoms with Crippen LogP contribution in [-0.2, 0) is 4.74 Å². The molecule has 0 amide bonds. The Morgan fingerprint density at radius 3 is 3.00 bits per heavy atom. The molecule has 1 heterocycles. The van der Waals surface area contributed by atoms with E-state index in [1.54, 1.807) is 0 Å². The lowest BCUT2D eigenvalue weighted by Gasteiger charge is -2.06. The molecule has 0 aromatic rings. The van der Waals surface area contributed by atoms with Crippen LogP contribution in [0.2, 0.25) is 0 Å². The first-order valence-electron chi connectivity index (χ1n) is 5.00. The van der Waals surface area contributed by atoms with Crippen molar-refractivity contribution in [2.45, 2.75) is 39.0 Å². The zero-order chi connectivity index (χ0) is 8.65. The van der Waals surface area contributed by atoms with Gasteiger partial charge in [-0.05, 0) is 18.9 Å². The highest BCUT2D eigenvalue weighted by atomic mass is 16.5. The van der Waals surface area contributed by atoms with Gasteiger partial charge < -0.3 is 10.1 Å². The highest BCUT2D eigenvalue weighted by Gasteiger charge is 2.02. The minimum atomic E-state index is 0.874. The third-order valence-electron chi connectivity index (χ3n) is 2.03. The van der Waals surface area contributed by atoms with Crippen LogP contribution in [0.5, 0.6) is 0 Å². The third kappa shape index (κ3) is 3.65. The molecule has 0 atom stereocenters. The molecule has 0 bridgehead atoms. The van der Waals surface area contributed by atoms with Crippen molar-refractivity contribution in [1.82, 2.24) is 5.32 Å². The fourth-order valence-corrected chi connectivity index (χ4v) is 1.29. The molecule has 1 N–H and O–H groups in total. The summed E-state index contributed by atoms with van der Waals surface area (Å²) in [5, 5.41) is 3.19. The molecule has 70 valence electrons. The molecule has 1 aliphatic heterocycles. The molecule has 0 saturated carbocycles. The number of nitrogens with one attached hydrogen (secondary N) is 1. The number of unbranched alkanes of at least 4 members (excludes halogenated alkanes) is 3. The Kier molecular flexibility index (Phi) is 4.65. The van der Waals surface area contributed by atoms with Gasteiger partial charge in [-0.2, -0.15) is 0 Å². The van der Waals surface area contributed by atoms with Gasteiger partial charge in [-0.25, -0.2) is 0 Å². The van der Waals surface area contributed by atoms with Gasteiger partial charge in [0, 0.05) is 6.54 Å². The number of rotatable bonds is 6. The van der Waals surface area contributed by atoms with Crippen molar-refractivity contribution in [3.8, 4) is 0 Å². The highest BCUT2D eigenvalue weighted by molar-refractivity contribution is 4.97. The Hall–Kier alpha value is -0.660. The molecule has 0 aromatic heterocycles. The van der Waals surface area contributed by atoms with Gasteiger partial charge in [-0.3, -0.25) is 0 Å². The van der Waals surface area contributed by atoms with Crippen LogP contribution in [-0.4, -0.2) is 13.2 Å². The smallest absolute Gasteiger partial charge is 0.182 e. The normalized spacial score (nSPS) is 15.6. The van der Waals surface area contributed by atoms with Crippen LogP contribution in [0.3, 0.4) is 0 Å². The lowest BCUT2D eigenvalue weighted by atomic mass is 10.2. The van der Waals surface area contributed by atoms with Crippen molar-refractivity contribution in [2.24, 2.45) is 0 Å². The van der Waals surface area contributed by atoms with E-state index in [2.05, 4.69) is 18.3 Å². The summed E-state index contributed by atoms with van der Waals surface area (Å²) in [5.74, 6) is 0.992. The van der Waals surface area contributed by atoms with Gasteiger partial charge in [-0.1, -0.05) is 26.2 Å². The van der Waals surface area contributed by atoms with Gasteiger partial charge in [0.2, 0.25) is 0 Å². The molecule has 0 unspecified atom stereocenters. The summed E-state index contributed by atoms with van der Waals surface area (Å²) in [7, 11) is 0. The predicted octanol–water partition coefficient (Wildman–Crippen LogP) is 2.42. The van der Waals surface area contributed by atoms with Crippen LogP contribution in [0.15, 0.2) is 12.0 Å². The lowest BCUT2D eigenvalue weighted by molar-refractivity contribution is 0.190. The van der Waals surface area contributed by atoms with Crippen LogP contribution >= 0.6 is 0 Å². The van der Waals surface area contributed by atoms with E-state index in [1.165, 1.54) is 25.7 Å². The molecule has 0 saturated heterocycles. The van der Waals surface area contributed by atoms with Crippen molar-refractivity contribution in [3.63, 3.8) is 0 Å². The molecule has 1 aliphatic rings. The van der Waals surface area contributed by atoms with Crippen LogP contribution in [0, 0.1) is 0 Å². The van der Waals surface area contributed by atoms with Crippen molar-refractivity contribution in [1.29, 1.82) is 0 Å². The molecule has 12 heavy (non-hydrogen) atoms. The van der Waals surface area contributed by atoms with E-state index in [1.807, 2.05) is 0 Å². The largest absolute Gasteiger partial charge is 0.479 e. The average molecular weight is 169 g/mol. The van der Waals surface area contributed by atoms with Crippen molar-refractivity contribution < 1.29 is 4.74 Å². The first kappa shape index (κ1) is 9.43. The monoisotopic (exact) mass is 169 g/mol. The Labute approximate surface area is 75.0 Å². The molecule has 2 heteroatoms. The molecule has 0 spiro atoms. The number of hydrogen-bond acceptors (Lipinski definition) is 2. The van der Waals surface area contributed by atoms with E-state index in [-0.39, 0.29) is 0 Å². The zero-order valence-electron chi connectivity index (χ0n) is 7.94. The standard InChI is InChI=1S/C10H19NO/c1-2-3-4-5-9-12-10-7-6-8-11-10/h7,11H,2-6,8-9H2,1H3. The van der Waals surface area contributed by atoms with Gasteiger partial charge in [0.25, 0.3) is 0 Å². The highest BCUT2D eigenvalue weighted by Crippen LogP contribution is 2.05. The molecule has 0 aliphatic carbocycles. The maximum absolute atomic E-state index is 5.50. The fraction of sp³-hybridized carbons (Fsp3) is 0.800. The SMILES string of the molecule is CCCCCCOC1=CCCN1. The summed E-state index contributed by atoms with van der Waals surface area (Å²) in [4.78, 5) is 0. The Bertz CT molecular complexity index is 143. The minimum Gasteiger partial charge on any atom is -0.479 e. The second-order valence-corrected chi connectivity index (χ2v) is 3.19. The molecular weight excluding hydrogens is 150 g/mol. The van der Waals surface area contributed by atoms with E-state index in [9.17, 15) is 0 Å². The van der Waals surface area contributed by atoms with Gasteiger partial charge in [0.15, 0.2) is 5.88 Å². The Balaban J connectivity index is 1.88. The summed E-state index contributed by atoms with van der Waals surface area (Å²) in [6.07, 6.45) is 8.34. The summed E-state index contributed by atoms with van der Waals surface area (Å²) < 4.78 is 5.50. The van der Waals surface area contributed by atoms with Crippen LogP contribution < -0.4 is 5.32 Å². The van der Waals surface area contributed by atoms with E-state index in [0.29, 0.717) is 0 Å². The topological polar surface area (TPSA) is 21.3 Å². The van der Waals surface area contributed by atoms with Crippen LogP contribution in [0.1, 0.15) is 39.0 Å². The van der Waals surface area contributed by atoms with Crippen LogP contribution in [0.25, 0.3) is 0 Å². The van der Waals surface area contributed by atoms with Gasteiger partial charge >= 0.3 is 0 Å². The van der Waals surface area contributed by atoms with E-state index >= 15 is 0 Å². The van der Waals surface area contributed by atoms with E-state index in [0.717, 1.165) is 25.5 Å². The van der Waals surface area contributed by atoms with Crippen molar-refractivity contribution in [2.75, 3.05) is 13.2 Å². The Morgan fingerprint density at radius 1 is 1.42 bits per heavy atom. The maximum atomic E-state index is 5.50. The summed E-state index contributed by atoms with van der Waals surface area (Å²) in [6, 6.07) is 0. The lowest BCUT2D eigenvalue weighted by Crippen LogP contribution is -2.10. The van der Waals surface area contributed by atoms with Crippen molar-refractivity contribution in [3.05, 3.63) is 12.0 Å². The number of ether oxygens (including phenoxy) is 1. The summed E-state index contributed by atoms with van der Waals surface area (Å²) in [5.41, 5.74) is 0. The van der Waals surface area contributed by atoms with E-state index < -0.39 is 0 Å². The third-order valence-corrected chi connectivity index (χ3v) is 2.03. The molecule has 2 nitrogen and oxygen atoms in total. The van der Waals surface area contributed by atoms with Gasteiger partial charge in [0.05, 0.1) is 6.61 Å². The van der Waals surface area contributed by atoms with Gasteiger partial charge in [-0.15, -0.1) is 0 Å². The second kappa shape index (κ2) is 5.92. The van der Waals surface area contributed by atoms with E-state index in [4.69, 9.17) is 4.74 Å². The fourth-order valence-electron chi connectivity index (χ4n) is 1.29. The second-order valence-electron chi connectivity index (χ2n) is 3.19. The average Bonchev–Trinajstić information content (AvgIpc) is 2.57. The van der Waals surface area contributed by atoms with Crippen LogP contribution in [0.4, 0.5) is 0 Å². The van der Waals surface area contributed by atoms with Gasteiger partial charge in [0.1, 0.15) is 0 Å². The minimum absolute atomic E-state index is 0.874.